The first-order valence-electron chi connectivity index (χ1n) is 11.9. The van der Waals surface area contributed by atoms with E-state index in [9.17, 15) is 13.2 Å². The number of anilines is 1. The van der Waals surface area contributed by atoms with Gasteiger partial charge >= 0.3 is 0 Å². The lowest BCUT2D eigenvalue weighted by molar-refractivity contribution is -0.119. The number of carbonyl (C=O) groups excluding carboxylic acids is 1. The summed E-state index contributed by atoms with van der Waals surface area (Å²) in [7, 11) is -1.20. The van der Waals surface area contributed by atoms with Crippen LogP contribution in [-0.4, -0.2) is 44.6 Å². The number of nitrogens with zero attached hydrogens (tertiary/aromatic N) is 3. The lowest BCUT2D eigenvalue weighted by Gasteiger charge is -2.24. The predicted octanol–water partition coefficient (Wildman–Crippen LogP) is 4.02. The first-order chi connectivity index (χ1) is 18.2. The Labute approximate surface area is 222 Å². The molecule has 1 heterocycles. The number of amides is 1. The van der Waals surface area contributed by atoms with Crippen LogP contribution in [0.2, 0.25) is 0 Å². The molecule has 3 aromatic carbocycles. The van der Waals surface area contributed by atoms with E-state index in [1.807, 2.05) is 48.9 Å². The number of ether oxygens (including phenoxy) is 2. The number of benzene rings is 3. The molecule has 0 saturated heterocycles. The molecular weight excluding hydrogens is 504 g/mol. The Morgan fingerprint density at radius 2 is 1.63 bits per heavy atom. The summed E-state index contributed by atoms with van der Waals surface area (Å²) in [5.74, 6) is 1.11. The summed E-state index contributed by atoms with van der Waals surface area (Å²) in [4.78, 5) is 17.2. The molecule has 1 N–H and O–H groups in total. The topological polar surface area (TPSA) is 103 Å². The van der Waals surface area contributed by atoms with Crippen molar-refractivity contribution in [3.8, 4) is 17.2 Å². The Bertz CT molecular complexity index is 1510. The largest absolute Gasteiger partial charge is 0.493 e. The number of hydrogen-bond acceptors (Lipinski definition) is 6. The molecule has 0 radical (unpaired) electrons. The van der Waals surface area contributed by atoms with Crippen LogP contribution in [0.4, 0.5) is 5.69 Å². The van der Waals surface area contributed by atoms with Crippen LogP contribution in [0.1, 0.15) is 17.0 Å². The van der Waals surface area contributed by atoms with Crippen LogP contribution in [0.5, 0.6) is 11.5 Å². The van der Waals surface area contributed by atoms with Crippen molar-refractivity contribution < 1.29 is 22.7 Å². The summed E-state index contributed by atoms with van der Waals surface area (Å²) in [5, 5.41) is 2.83. The van der Waals surface area contributed by atoms with Crippen molar-refractivity contribution in [2.24, 2.45) is 0 Å². The van der Waals surface area contributed by atoms with Gasteiger partial charge in [-0.05, 0) is 55.8 Å². The number of aryl methyl sites for hydroxylation is 2. The summed E-state index contributed by atoms with van der Waals surface area (Å²) >= 11 is 0. The Morgan fingerprint density at radius 3 is 2.24 bits per heavy atom. The van der Waals surface area contributed by atoms with E-state index >= 15 is 0 Å². The second-order valence-electron chi connectivity index (χ2n) is 8.65. The van der Waals surface area contributed by atoms with Gasteiger partial charge in [-0.1, -0.05) is 29.8 Å². The van der Waals surface area contributed by atoms with Gasteiger partial charge in [-0.25, -0.2) is 13.4 Å². The maximum Gasteiger partial charge on any atom is 0.264 e. The number of hydrogen-bond donors (Lipinski definition) is 1. The van der Waals surface area contributed by atoms with Gasteiger partial charge in [-0.3, -0.25) is 9.10 Å². The molecule has 10 heteroatoms. The summed E-state index contributed by atoms with van der Waals surface area (Å²) in [6, 6.07) is 19.0. The second kappa shape index (κ2) is 11.4. The average Bonchev–Trinajstić information content (AvgIpc) is 3.36. The molecule has 1 amide bonds. The SMILES string of the molecule is COc1ccc(S(=O)(=O)N(CC(=O)NCc2ccc(-n3ccnc3C)cc2)c2ccc(C)cc2)cc1OC. The van der Waals surface area contributed by atoms with Crippen LogP contribution in [-0.2, 0) is 21.4 Å². The maximum atomic E-state index is 13.7. The quantitative estimate of drug-likeness (QED) is 0.330. The van der Waals surface area contributed by atoms with Gasteiger partial charge < -0.3 is 19.4 Å². The molecule has 1 aromatic heterocycles. The van der Waals surface area contributed by atoms with Crippen molar-refractivity contribution in [3.05, 3.63) is 96.1 Å². The van der Waals surface area contributed by atoms with E-state index in [0.717, 1.165) is 26.9 Å². The molecule has 0 aliphatic heterocycles. The van der Waals surface area contributed by atoms with Crippen molar-refractivity contribution in [1.82, 2.24) is 14.9 Å². The summed E-state index contributed by atoms with van der Waals surface area (Å²) in [6.07, 6.45) is 3.62. The average molecular weight is 535 g/mol. The summed E-state index contributed by atoms with van der Waals surface area (Å²) in [6.45, 7) is 3.68. The highest BCUT2D eigenvalue weighted by Gasteiger charge is 2.28. The fourth-order valence-corrected chi connectivity index (χ4v) is 5.38. The molecule has 0 fully saturated rings. The zero-order valence-corrected chi connectivity index (χ0v) is 22.5. The van der Waals surface area contributed by atoms with E-state index in [2.05, 4.69) is 10.3 Å². The molecule has 0 saturated carbocycles. The second-order valence-corrected chi connectivity index (χ2v) is 10.5. The van der Waals surface area contributed by atoms with Crippen molar-refractivity contribution >= 4 is 21.6 Å². The van der Waals surface area contributed by atoms with Gasteiger partial charge in [0.25, 0.3) is 10.0 Å². The third-order valence-electron chi connectivity index (χ3n) is 6.08. The van der Waals surface area contributed by atoms with E-state index in [1.54, 1.807) is 30.5 Å². The van der Waals surface area contributed by atoms with E-state index in [0.29, 0.717) is 11.4 Å². The number of sulfonamides is 1. The van der Waals surface area contributed by atoms with E-state index < -0.39 is 22.5 Å². The minimum Gasteiger partial charge on any atom is -0.493 e. The molecule has 0 aliphatic carbocycles. The first kappa shape index (κ1) is 26.7. The standard InChI is InChI=1S/C28H30N4O5S/c1-20-5-9-24(10-6-20)32(38(34,35)25-13-14-26(36-3)27(17-25)37-4)19-28(33)30-18-22-7-11-23(12-8-22)31-16-15-29-21(31)2/h5-17H,18-19H2,1-4H3,(H,30,33). The zero-order valence-electron chi connectivity index (χ0n) is 21.7. The van der Waals surface area contributed by atoms with Gasteiger partial charge in [0.2, 0.25) is 5.91 Å². The molecule has 0 unspecified atom stereocenters. The molecular formula is C28H30N4O5S. The van der Waals surface area contributed by atoms with Crippen LogP contribution in [0.3, 0.4) is 0 Å². The highest BCUT2D eigenvalue weighted by Crippen LogP contribution is 2.32. The number of rotatable bonds is 10. The van der Waals surface area contributed by atoms with Crippen LogP contribution < -0.4 is 19.1 Å². The number of aromatic nitrogens is 2. The van der Waals surface area contributed by atoms with Crippen LogP contribution >= 0.6 is 0 Å². The minimum atomic E-state index is -4.11. The molecule has 0 spiro atoms. The van der Waals surface area contributed by atoms with Gasteiger partial charge in [0.15, 0.2) is 11.5 Å². The number of nitrogens with one attached hydrogen (secondary N) is 1. The third kappa shape index (κ3) is 5.81. The Morgan fingerprint density at radius 1 is 0.947 bits per heavy atom. The number of imidazole rings is 1. The van der Waals surface area contributed by atoms with Gasteiger partial charge in [0.05, 0.1) is 24.8 Å². The molecule has 4 aromatic rings. The molecule has 4 rings (SSSR count). The smallest absolute Gasteiger partial charge is 0.264 e. The molecule has 0 aliphatic rings. The van der Waals surface area contributed by atoms with Crippen molar-refractivity contribution in [2.75, 3.05) is 25.1 Å². The highest BCUT2D eigenvalue weighted by atomic mass is 32.2. The third-order valence-corrected chi connectivity index (χ3v) is 7.85. The Hall–Kier alpha value is -4.31. The van der Waals surface area contributed by atoms with Gasteiger partial charge in [0, 0.05) is 30.7 Å². The van der Waals surface area contributed by atoms with Crippen molar-refractivity contribution in [2.45, 2.75) is 25.3 Å². The lowest BCUT2D eigenvalue weighted by atomic mass is 10.2. The number of methoxy groups -OCH3 is 2. The van der Waals surface area contributed by atoms with Gasteiger partial charge in [-0.2, -0.15) is 0 Å². The molecule has 38 heavy (non-hydrogen) atoms. The Balaban J connectivity index is 1.54. The summed E-state index contributed by atoms with van der Waals surface area (Å²) < 4.78 is 41.0. The normalized spacial score (nSPS) is 11.2. The van der Waals surface area contributed by atoms with Gasteiger partial charge in [0.1, 0.15) is 12.4 Å². The molecule has 0 atom stereocenters. The van der Waals surface area contributed by atoms with E-state index in [4.69, 9.17) is 9.47 Å². The molecule has 0 bridgehead atoms. The highest BCUT2D eigenvalue weighted by molar-refractivity contribution is 7.92. The predicted molar refractivity (Wildman–Crippen MR) is 145 cm³/mol. The summed E-state index contributed by atoms with van der Waals surface area (Å²) in [5.41, 5.74) is 3.18. The lowest BCUT2D eigenvalue weighted by Crippen LogP contribution is -2.40. The number of carbonyl (C=O) groups is 1. The van der Waals surface area contributed by atoms with Crippen LogP contribution in [0.25, 0.3) is 5.69 Å². The maximum absolute atomic E-state index is 13.7. The fourth-order valence-electron chi connectivity index (χ4n) is 3.94. The van der Waals surface area contributed by atoms with Crippen LogP contribution in [0.15, 0.2) is 84.0 Å². The molecule has 198 valence electrons. The van der Waals surface area contributed by atoms with Crippen molar-refractivity contribution in [1.29, 1.82) is 0 Å². The monoisotopic (exact) mass is 534 g/mol. The Kier molecular flexibility index (Phi) is 8.02. The van der Waals surface area contributed by atoms with Crippen LogP contribution in [0, 0.1) is 13.8 Å². The minimum absolute atomic E-state index is 0.0195. The van der Waals surface area contributed by atoms with Crippen molar-refractivity contribution in [3.63, 3.8) is 0 Å². The fraction of sp³-hybridized carbons (Fsp3) is 0.214. The van der Waals surface area contributed by atoms with E-state index in [-0.39, 0.29) is 17.2 Å². The van der Waals surface area contributed by atoms with E-state index in [1.165, 1.54) is 32.4 Å². The first-order valence-corrected chi connectivity index (χ1v) is 13.3. The van der Waals surface area contributed by atoms with Gasteiger partial charge in [-0.15, -0.1) is 0 Å². The zero-order chi connectivity index (χ0) is 27.3. The molecule has 9 nitrogen and oxygen atoms in total.